The molecule has 1 atom stereocenters. The summed E-state index contributed by atoms with van der Waals surface area (Å²) < 4.78 is 1.16. The lowest BCUT2D eigenvalue weighted by atomic mass is 10.2. The number of hydrogen-bond donors (Lipinski definition) is 0. The number of para-hydroxylation sites is 1. The van der Waals surface area contributed by atoms with Crippen molar-refractivity contribution in [3.63, 3.8) is 0 Å². The topological polar surface area (TPSA) is 59.0 Å². The summed E-state index contributed by atoms with van der Waals surface area (Å²) in [6, 6.07) is 8.14. The van der Waals surface area contributed by atoms with Crippen molar-refractivity contribution in [2.75, 3.05) is 6.54 Å². The number of likely N-dealkylation sites (tertiary alicyclic amines) is 1. The van der Waals surface area contributed by atoms with Gasteiger partial charge < -0.3 is 4.90 Å². The molecule has 1 aromatic carbocycles. The summed E-state index contributed by atoms with van der Waals surface area (Å²) in [6.07, 6.45) is 5.14. The highest BCUT2D eigenvalue weighted by atomic mass is 32.1. The average molecular weight is 324 g/mol. The van der Waals surface area contributed by atoms with Crippen molar-refractivity contribution in [1.82, 2.24) is 19.9 Å². The first kappa shape index (κ1) is 14.3. The monoisotopic (exact) mass is 324 g/mol. The summed E-state index contributed by atoms with van der Waals surface area (Å²) in [5.74, 6) is -0.0562. The van der Waals surface area contributed by atoms with Gasteiger partial charge in [-0.1, -0.05) is 12.1 Å². The van der Waals surface area contributed by atoms with Crippen LogP contribution in [-0.2, 0) is 0 Å². The highest BCUT2D eigenvalue weighted by molar-refractivity contribution is 7.18. The smallest absolute Gasteiger partial charge is 0.274 e. The van der Waals surface area contributed by atoms with E-state index in [1.807, 2.05) is 30.0 Å². The Kier molecular flexibility index (Phi) is 3.53. The molecule has 6 heteroatoms. The Morgan fingerprint density at radius 3 is 2.91 bits per heavy atom. The minimum absolute atomic E-state index is 0.0444. The van der Waals surface area contributed by atoms with Crippen LogP contribution in [0.1, 0.15) is 40.1 Å². The Balaban J connectivity index is 1.65. The van der Waals surface area contributed by atoms with Gasteiger partial charge in [0.05, 0.1) is 28.1 Å². The molecule has 1 saturated heterocycles. The Bertz CT molecular complexity index is 825. The molecule has 0 saturated carbocycles. The van der Waals surface area contributed by atoms with Gasteiger partial charge in [0.2, 0.25) is 0 Å². The summed E-state index contributed by atoms with van der Waals surface area (Å²) in [4.78, 5) is 27.8. The number of aromatic nitrogens is 3. The lowest BCUT2D eigenvalue weighted by Gasteiger charge is -2.22. The molecule has 4 rings (SSSR count). The van der Waals surface area contributed by atoms with Crippen LogP contribution >= 0.6 is 11.3 Å². The van der Waals surface area contributed by atoms with E-state index >= 15 is 0 Å². The number of benzene rings is 1. The van der Waals surface area contributed by atoms with E-state index in [0.29, 0.717) is 5.69 Å². The Labute approximate surface area is 138 Å². The molecular formula is C17H16N4OS. The number of hydrogen-bond acceptors (Lipinski definition) is 5. The van der Waals surface area contributed by atoms with Gasteiger partial charge >= 0.3 is 0 Å². The first-order chi connectivity index (χ1) is 11.2. The summed E-state index contributed by atoms with van der Waals surface area (Å²) in [5, 5.41) is 1.01. The zero-order chi connectivity index (χ0) is 15.8. The van der Waals surface area contributed by atoms with Crippen molar-refractivity contribution >= 4 is 27.5 Å². The third kappa shape index (κ3) is 2.59. The molecule has 0 bridgehead atoms. The van der Waals surface area contributed by atoms with Crippen LogP contribution in [0.3, 0.4) is 0 Å². The summed E-state index contributed by atoms with van der Waals surface area (Å²) >= 11 is 1.67. The fourth-order valence-electron chi connectivity index (χ4n) is 2.95. The molecule has 1 amide bonds. The normalized spacial score (nSPS) is 17.8. The van der Waals surface area contributed by atoms with Crippen LogP contribution in [0, 0.1) is 6.92 Å². The second kappa shape index (κ2) is 5.70. The van der Waals surface area contributed by atoms with Crippen LogP contribution in [0.5, 0.6) is 0 Å². The van der Waals surface area contributed by atoms with Gasteiger partial charge in [0.25, 0.3) is 5.91 Å². The molecule has 0 radical (unpaired) electrons. The van der Waals surface area contributed by atoms with Crippen LogP contribution in [0.15, 0.2) is 36.7 Å². The van der Waals surface area contributed by atoms with E-state index in [9.17, 15) is 4.79 Å². The quantitative estimate of drug-likeness (QED) is 0.725. The third-order valence-electron chi connectivity index (χ3n) is 4.11. The number of fused-ring (bicyclic) bond motifs is 1. The molecule has 0 N–H and O–H groups in total. The summed E-state index contributed by atoms with van der Waals surface area (Å²) in [5.41, 5.74) is 2.22. The van der Waals surface area contributed by atoms with Gasteiger partial charge in [0.15, 0.2) is 0 Å². The van der Waals surface area contributed by atoms with Gasteiger partial charge in [-0.25, -0.2) is 9.97 Å². The fourth-order valence-corrected chi connectivity index (χ4v) is 4.06. The second-order valence-electron chi connectivity index (χ2n) is 5.72. The zero-order valence-electron chi connectivity index (χ0n) is 12.8. The third-order valence-corrected chi connectivity index (χ3v) is 5.25. The fraction of sp³-hybridized carbons (Fsp3) is 0.294. The minimum atomic E-state index is -0.0562. The molecule has 23 heavy (non-hydrogen) atoms. The van der Waals surface area contributed by atoms with E-state index in [1.165, 1.54) is 0 Å². The van der Waals surface area contributed by atoms with Gasteiger partial charge in [0.1, 0.15) is 10.7 Å². The van der Waals surface area contributed by atoms with Crippen molar-refractivity contribution in [2.24, 2.45) is 0 Å². The predicted molar refractivity (Wildman–Crippen MR) is 89.4 cm³/mol. The molecule has 5 nitrogen and oxygen atoms in total. The van der Waals surface area contributed by atoms with Crippen molar-refractivity contribution in [3.8, 4) is 0 Å². The SMILES string of the molecule is Cc1cnc(C(=O)N2CCC[C@H]2c2nc3ccccc3s2)cn1. The number of aryl methyl sites for hydroxylation is 1. The number of carbonyl (C=O) groups is 1. The number of rotatable bonds is 2. The van der Waals surface area contributed by atoms with Gasteiger partial charge in [0, 0.05) is 12.7 Å². The maximum atomic E-state index is 12.8. The molecule has 1 fully saturated rings. The number of amides is 1. The maximum Gasteiger partial charge on any atom is 0.274 e. The van der Waals surface area contributed by atoms with Crippen molar-refractivity contribution in [2.45, 2.75) is 25.8 Å². The van der Waals surface area contributed by atoms with Crippen LogP contribution in [0.25, 0.3) is 10.2 Å². The molecule has 0 aliphatic carbocycles. The Morgan fingerprint density at radius 2 is 2.13 bits per heavy atom. The first-order valence-electron chi connectivity index (χ1n) is 7.67. The van der Waals surface area contributed by atoms with E-state index in [0.717, 1.165) is 40.3 Å². The lowest BCUT2D eigenvalue weighted by Crippen LogP contribution is -2.31. The van der Waals surface area contributed by atoms with Gasteiger partial charge in [-0.2, -0.15) is 0 Å². The molecule has 3 aromatic rings. The van der Waals surface area contributed by atoms with Gasteiger partial charge in [-0.15, -0.1) is 11.3 Å². The largest absolute Gasteiger partial charge is 0.328 e. The molecular weight excluding hydrogens is 308 g/mol. The molecule has 2 aromatic heterocycles. The van der Waals surface area contributed by atoms with Crippen molar-refractivity contribution in [3.05, 3.63) is 53.1 Å². The highest BCUT2D eigenvalue weighted by Gasteiger charge is 2.33. The molecule has 0 spiro atoms. The summed E-state index contributed by atoms with van der Waals surface area (Å²) in [7, 11) is 0. The number of thiazole rings is 1. The zero-order valence-corrected chi connectivity index (χ0v) is 13.6. The van der Waals surface area contributed by atoms with Gasteiger partial charge in [-0.3, -0.25) is 9.78 Å². The second-order valence-corrected chi connectivity index (χ2v) is 6.78. The molecule has 0 unspecified atom stereocenters. The van der Waals surface area contributed by atoms with Crippen molar-refractivity contribution < 1.29 is 4.79 Å². The first-order valence-corrected chi connectivity index (χ1v) is 8.49. The van der Waals surface area contributed by atoms with Crippen molar-refractivity contribution in [1.29, 1.82) is 0 Å². The average Bonchev–Trinajstić information content (AvgIpc) is 3.21. The van der Waals surface area contributed by atoms with Crippen LogP contribution in [-0.4, -0.2) is 32.3 Å². The van der Waals surface area contributed by atoms with Crippen LogP contribution in [0.2, 0.25) is 0 Å². The van der Waals surface area contributed by atoms with Crippen LogP contribution < -0.4 is 0 Å². The Morgan fingerprint density at radius 1 is 1.26 bits per heavy atom. The Hall–Kier alpha value is -2.34. The minimum Gasteiger partial charge on any atom is -0.328 e. The van der Waals surface area contributed by atoms with Gasteiger partial charge in [-0.05, 0) is 31.9 Å². The van der Waals surface area contributed by atoms with Crippen LogP contribution in [0.4, 0.5) is 0 Å². The number of nitrogens with zero attached hydrogens (tertiary/aromatic N) is 4. The standard InChI is InChI=1S/C17H16N4OS/c1-11-9-19-13(10-18-11)17(22)21-8-4-6-14(21)16-20-12-5-2-3-7-15(12)23-16/h2-3,5,7,9-10,14H,4,6,8H2,1H3/t14-/m0/s1. The predicted octanol–water partition coefficient (Wildman–Crippen LogP) is 3.37. The van der Waals surface area contributed by atoms with E-state index in [1.54, 1.807) is 23.7 Å². The lowest BCUT2D eigenvalue weighted by molar-refractivity contribution is 0.0729. The van der Waals surface area contributed by atoms with E-state index in [2.05, 4.69) is 16.0 Å². The molecule has 3 heterocycles. The maximum absolute atomic E-state index is 12.8. The molecule has 1 aliphatic rings. The van der Waals surface area contributed by atoms with E-state index in [4.69, 9.17) is 4.98 Å². The summed E-state index contributed by atoms with van der Waals surface area (Å²) in [6.45, 7) is 2.61. The van der Waals surface area contributed by atoms with E-state index in [-0.39, 0.29) is 11.9 Å². The molecule has 1 aliphatic heterocycles. The van der Waals surface area contributed by atoms with E-state index < -0.39 is 0 Å². The molecule has 116 valence electrons. The highest BCUT2D eigenvalue weighted by Crippen LogP contribution is 2.36. The number of carbonyl (C=O) groups excluding carboxylic acids is 1.